The first-order valence-electron chi connectivity index (χ1n) is 6.63. The molecule has 0 saturated carbocycles. The van der Waals surface area contributed by atoms with Crippen molar-refractivity contribution < 1.29 is 4.74 Å². The fourth-order valence-corrected chi connectivity index (χ4v) is 2.11. The summed E-state index contributed by atoms with van der Waals surface area (Å²) < 4.78 is 5.79. The maximum Gasteiger partial charge on any atom is 0.127 e. The molecular formula is C19H15O. The molecule has 1 heteroatoms. The molecule has 0 bridgehead atoms. The van der Waals surface area contributed by atoms with Crippen molar-refractivity contribution in [2.45, 2.75) is 6.92 Å². The van der Waals surface area contributed by atoms with Crippen LogP contribution in [0.15, 0.2) is 72.8 Å². The van der Waals surface area contributed by atoms with Crippen LogP contribution in [0.25, 0.3) is 11.1 Å². The summed E-state index contributed by atoms with van der Waals surface area (Å²) in [7, 11) is 0. The predicted molar refractivity (Wildman–Crippen MR) is 82.0 cm³/mol. The highest BCUT2D eigenvalue weighted by Crippen LogP contribution is 2.25. The minimum Gasteiger partial charge on any atom is -0.457 e. The van der Waals surface area contributed by atoms with Crippen LogP contribution in [0, 0.1) is 13.0 Å². The number of hydrogen-bond acceptors (Lipinski definition) is 1. The van der Waals surface area contributed by atoms with Crippen molar-refractivity contribution in [3.05, 3.63) is 84.4 Å². The largest absolute Gasteiger partial charge is 0.457 e. The number of aryl methyl sites for hydroxylation is 1. The highest BCUT2D eigenvalue weighted by molar-refractivity contribution is 5.64. The highest BCUT2D eigenvalue weighted by Gasteiger charge is 2.00. The maximum absolute atomic E-state index is 5.79. The van der Waals surface area contributed by atoms with Crippen LogP contribution in [0.2, 0.25) is 0 Å². The van der Waals surface area contributed by atoms with E-state index in [1.54, 1.807) is 0 Å². The number of ether oxygens (including phenoxy) is 1. The summed E-state index contributed by atoms with van der Waals surface area (Å²) >= 11 is 0. The van der Waals surface area contributed by atoms with E-state index < -0.39 is 0 Å². The van der Waals surface area contributed by atoms with Crippen LogP contribution < -0.4 is 4.74 Å². The van der Waals surface area contributed by atoms with Crippen molar-refractivity contribution >= 4 is 0 Å². The lowest BCUT2D eigenvalue weighted by molar-refractivity contribution is 0.483. The Morgan fingerprint density at radius 3 is 2.15 bits per heavy atom. The van der Waals surface area contributed by atoms with Gasteiger partial charge in [0.2, 0.25) is 0 Å². The van der Waals surface area contributed by atoms with Gasteiger partial charge in [0.15, 0.2) is 0 Å². The van der Waals surface area contributed by atoms with E-state index in [4.69, 9.17) is 4.74 Å². The molecular weight excluding hydrogens is 244 g/mol. The van der Waals surface area contributed by atoms with Gasteiger partial charge in [0.1, 0.15) is 11.5 Å². The van der Waals surface area contributed by atoms with Crippen molar-refractivity contribution in [2.24, 2.45) is 0 Å². The van der Waals surface area contributed by atoms with Gasteiger partial charge in [-0.05, 0) is 53.9 Å². The van der Waals surface area contributed by atoms with Gasteiger partial charge in [-0.3, -0.25) is 0 Å². The van der Waals surface area contributed by atoms with E-state index in [1.165, 1.54) is 11.1 Å². The molecule has 0 fully saturated rings. The van der Waals surface area contributed by atoms with Gasteiger partial charge in [0.25, 0.3) is 0 Å². The molecule has 0 aliphatic carbocycles. The normalized spacial score (nSPS) is 10.2. The van der Waals surface area contributed by atoms with Gasteiger partial charge in [-0.15, -0.1) is 0 Å². The van der Waals surface area contributed by atoms with E-state index in [1.807, 2.05) is 48.5 Å². The van der Waals surface area contributed by atoms with Crippen LogP contribution in [-0.2, 0) is 0 Å². The Morgan fingerprint density at radius 1 is 0.750 bits per heavy atom. The van der Waals surface area contributed by atoms with Crippen molar-refractivity contribution in [2.75, 3.05) is 0 Å². The number of hydrogen-bond donors (Lipinski definition) is 0. The molecule has 20 heavy (non-hydrogen) atoms. The fraction of sp³-hybridized carbons (Fsp3) is 0.0526. The molecule has 0 aliphatic rings. The Hall–Kier alpha value is -2.54. The summed E-state index contributed by atoms with van der Waals surface area (Å²) in [6.07, 6.45) is 0. The second-order valence-electron chi connectivity index (χ2n) is 4.70. The second kappa shape index (κ2) is 5.62. The fourth-order valence-electron chi connectivity index (χ4n) is 2.11. The van der Waals surface area contributed by atoms with Gasteiger partial charge in [0.05, 0.1) is 0 Å². The summed E-state index contributed by atoms with van der Waals surface area (Å²) in [5, 5.41) is 0. The van der Waals surface area contributed by atoms with E-state index in [-0.39, 0.29) is 0 Å². The van der Waals surface area contributed by atoms with E-state index in [0.717, 1.165) is 17.1 Å². The molecule has 0 aliphatic heterocycles. The Balaban J connectivity index is 1.81. The molecule has 0 heterocycles. The number of para-hydroxylation sites is 1. The first-order valence-corrected chi connectivity index (χ1v) is 6.63. The van der Waals surface area contributed by atoms with Gasteiger partial charge in [-0.1, -0.05) is 48.5 Å². The minimum atomic E-state index is 0.846. The Morgan fingerprint density at radius 2 is 1.45 bits per heavy atom. The molecule has 3 aromatic carbocycles. The summed E-state index contributed by atoms with van der Waals surface area (Å²) in [4.78, 5) is 0. The third kappa shape index (κ3) is 2.89. The SMILES string of the molecule is Cc1[c]ccc(-c2ccc(Oc3ccccc3)cc2)c1. The van der Waals surface area contributed by atoms with Gasteiger partial charge >= 0.3 is 0 Å². The monoisotopic (exact) mass is 259 g/mol. The second-order valence-corrected chi connectivity index (χ2v) is 4.70. The minimum absolute atomic E-state index is 0.846. The molecule has 1 radical (unpaired) electrons. The summed E-state index contributed by atoms with van der Waals surface area (Å²) in [5.74, 6) is 1.70. The molecule has 0 saturated heterocycles. The highest BCUT2D eigenvalue weighted by atomic mass is 16.5. The molecule has 0 amide bonds. The van der Waals surface area contributed by atoms with Crippen LogP contribution in [0.3, 0.4) is 0 Å². The van der Waals surface area contributed by atoms with Crippen LogP contribution in [0.4, 0.5) is 0 Å². The molecule has 0 spiro atoms. The van der Waals surface area contributed by atoms with E-state index in [9.17, 15) is 0 Å². The maximum atomic E-state index is 5.79. The Labute approximate surface area is 119 Å². The molecule has 0 aromatic heterocycles. The van der Waals surface area contributed by atoms with Gasteiger partial charge < -0.3 is 4.74 Å². The molecule has 1 nitrogen and oxygen atoms in total. The van der Waals surface area contributed by atoms with E-state index in [2.05, 4.69) is 37.3 Å². The molecule has 0 N–H and O–H groups in total. The zero-order chi connectivity index (χ0) is 13.8. The van der Waals surface area contributed by atoms with E-state index in [0.29, 0.717) is 0 Å². The van der Waals surface area contributed by atoms with Crippen LogP contribution in [0.5, 0.6) is 11.5 Å². The molecule has 97 valence electrons. The average Bonchev–Trinajstić information content (AvgIpc) is 2.49. The Bertz CT molecular complexity index is 684. The summed E-state index contributed by atoms with van der Waals surface area (Å²) in [6, 6.07) is 27.3. The van der Waals surface area contributed by atoms with Crippen LogP contribution >= 0.6 is 0 Å². The zero-order valence-corrected chi connectivity index (χ0v) is 11.3. The topological polar surface area (TPSA) is 9.23 Å². The summed E-state index contributed by atoms with van der Waals surface area (Å²) in [5.41, 5.74) is 3.53. The molecule has 0 atom stereocenters. The zero-order valence-electron chi connectivity index (χ0n) is 11.3. The summed E-state index contributed by atoms with van der Waals surface area (Å²) in [6.45, 7) is 2.05. The third-order valence-electron chi connectivity index (χ3n) is 3.11. The lowest BCUT2D eigenvalue weighted by Crippen LogP contribution is -1.84. The smallest absolute Gasteiger partial charge is 0.127 e. The number of rotatable bonds is 3. The lowest BCUT2D eigenvalue weighted by Gasteiger charge is -2.07. The quantitative estimate of drug-likeness (QED) is 0.623. The Kier molecular flexibility index (Phi) is 3.51. The predicted octanol–water partition coefficient (Wildman–Crippen LogP) is 5.25. The standard InChI is InChI=1S/C19H15O/c1-15-6-5-7-17(14-15)16-10-12-19(13-11-16)20-18-8-3-2-4-9-18/h2-5,7-14H,1H3. The van der Waals surface area contributed by atoms with Crippen molar-refractivity contribution in [3.8, 4) is 22.6 Å². The number of benzene rings is 3. The molecule has 3 rings (SSSR count). The first kappa shape index (κ1) is 12.5. The molecule has 3 aromatic rings. The third-order valence-corrected chi connectivity index (χ3v) is 3.11. The van der Waals surface area contributed by atoms with Crippen LogP contribution in [0.1, 0.15) is 5.56 Å². The van der Waals surface area contributed by atoms with Crippen molar-refractivity contribution in [1.29, 1.82) is 0 Å². The molecule has 0 unspecified atom stereocenters. The van der Waals surface area contributed by atoms with Gasteiger partial charge in [-0.25, -0.2) is 0 Å². The first-order chi connectivity index (χ1) is 9.81. The van der Waals surface area contributed by atoms with Gasteiger partial charge in [0, 0.05) is 0 Å². The van der Waals surface area contributed by atoms with E-state index >= 15 is 0 Å². The van der Waals surface area contributed by atoms with Crippen molar-refractivity contribution in [3.63, 3.8) is 0 Å². The van der Waals surface area contributed by atoms with Crippen molar-refractivity contribution in [1.82, 2.24) is 0 Å². The van der Waals surface area contributed by atoms with Crippen LogP contribution in [-0.4, -0.2) is 0 Å². The average molecular weight is 259 g/mol. The lowest BCUT2D eigenvalue weighted by atomic mass is 10.0. The van der Waals surface area contributed by atoms with Gasteiger partial charge in [-0.2, -0.15) is 0 Å².